The van der Waals surface area contributed by atoms with Crippen molar-refractivity contribution >= 4 is 0 Å². The Morgan fingerprint density at radius 1 is 1.15 bits per heavy atom. The van der Waals surface area contributed by atoms with Crippen LogP contribution in [0.1, 0.15) is 30.1 Å². The van der Waals surface area contributed by atoms with E-state index < -0.39 is 0 Å². The summed E-state index contributed by atoms with van der Waals surface area (Å²) in [7, 11) is 0. The van der Waals surface area contributed by atoms with E-state index in [-0.39, 0.29) is 0 Å². The first-order valence-electron chi connectivity index (χ1n) is 7.07. The smallest absolute Gasteiger partial charge is 0.134 e. The maximum atomic E-state index is 5.60. The molecule has 100 valence electrons. The van der Waals surface area contributed by atoms with Crippen LogP contribution in [-0.2, 0) is 6.42 Å². The molecule has 3 heterocycles. The van der Waals surface area contributed by atoms with Crippen LogP contribution in [0.15, 0.2) is 59.6 Å². The Balaban J connectivity index is 1.85. The number of rotatable bonds is 2. The third-order valence-electron chi connectivity index (χ3n) is 4.10. The zero-order valence-electron chi connectivity index (χ0n) is 11.2. The summed E-state index contributed by atoms with van der Waals surface area (Å²) in [6.45, 7) is 0. The Kier molecular flexibility index (Phi) is 2.69. The molecule has 0 bridgehead atoms. The average molecular weight is 264 g/mol. The lowest BCUT2D eigenvalue weighted by molar-refractivity contribution is 0.457. The van der Waals surface area contributed by atoms with Gasteiger partial charge >= 0.3 is 0 Å². The van der Waals surface area contributed by atoms with Crippen molar-refractivity contribution in [2.45, 2.75) is 25.3 Å². The quantitative estimate of drug-likeness (QED) is 0.698. The van der Waals surface area contributed by atoms with Crippen LogP contribution in [0.4, 0.5) is 0 Å². The monoisotopic (exact) mass is 264 g/mol. The third kappa shape index (κ3) is 1.78. The summed E-state index contributed by atoms with van der Waals surface area (Å²) in [4.78, 5) is 4.31. The van der Waals surface area contributed by atoms with E-state index in [2.05, 4.69) is 33.8 Å². The molecule has 0 N–H and O–H groups in total. The molecule has 1 aliphatic rings. The van der Waals surface area contributed by atoms with Crippen molar-refractivity contribution in [1.82, 2.24) is 9.55 Å². The lowest BCUT2D eigenvalue weighted by Crippen LogP contribution is -2.18. The zero-order valence-corrected chi connectivity index (χ0v) is 11.2. The predicted molar refractivity (Wildman–Crippen MR) is 77.4 cm³/mol. The maximum Gasteiger partial charge on any atom is 0.134 e. The molecule has 1 aliphatic heterocycles. The standard InChI is InChI=1S/C17H16N2O/c1-2-7-15(17-9-4-10-20-17)14(6-1)16-8-3-5-13-11-18-12-19(13)16/h1-2,4,6-7,9-12,16H,3,5,8H2. The van der Waals surface area contributed by atoms with Crippen molar-refractivity contribution < 1.29 is 4.42 Å². The van der Waals surface area contributed by atoms with Crippen LogP contribution in [0, 0.1) is 0 Å². The van der Waals surface area contributed by atoms with Gasteiger partial charge in [-0.1, -0.05) is 24.3 Å². The third-order valence-corrected chi connectivity index (χ3v) is 4.10. The number of aryl methyl sites for hydroxylation is 1. The summed E-state index contributed by atoms with van der Waals surface area (Å²) < 4.78 is 7.91. The van der Waals surface area contributed by atoms with E-state index in [1.54, 1.807) is 6.26 Å². The summed E-state index contributed by atoms with van der Waals surface area (Å²) in [6.07, 6.45) is 9.17. The van der Waals surface area contributed by atoms with Crippen LogP contribution >= 0.6 is 0 Å². The van der Waals surface area contributed by atoms with Crippen molar-refractivity contribution in [2.24, 2.45) is 0 Å². The SMILES string of the molecule is c1coc(-c2ccccc2C2CCCc3cncn32)c1. The van der Waals surface area contributed by atoms with Crippen LogP contribution in [0.5, 0.6) is 0 Å². The van der Waals surface area contributed by atoms with E-state index in [0.29, 0.717) is 6.04 Å². The Morgan fingerprint density at radius 2 is 2.10 bits per heavy atom. The fraction of sp³-hybridized carbons (Fsp3) is 0.235. The van der Waals surface area contributed by atoms with Crippen LogP contribution < -0.4 is 0 Å². The second-order valence-electron chi connectivity index (χ2n) is 5.26. The first kappa shape index (κ1) is 11.5. The number of benzene rings is 1. The normalized spacial score (nSPS) is 17.9. The number of aromatic nitrogens is 2. The van der Waals surface area contributed by atoms with Crippen LogP contribution in [0.3, 0.4) is 0 Å². The van der Waals surface area contributed by atoms with Crippen molar-refractivity contribution in [3.05, 3.63) is 66.4 Å². The number of fused-ring (bicyclic) bond motifs is 1. The fourth-order valence-corrected chi connectivity index (χ4v) is 3.17. The van der Waals surface area contributed by atoms with Gasteiger partial charge in [-0.05, 0) is 37.0 Å². The topological polar surface area (TPSA) is 31.0 Å². The van der Waals surface area contributed by atoms with Gasteiger partial charge in [0.15, 0.2) is 0 Å². The molecule has 0 fully saturated rings. The van der Waals surface area contributed by atoms with Gasteiger partial charge in [0.1, 0.15) is 5.76 Å². The van der Waals surface area contributed by atoms with Crippen LogP contribution in [0.2, 0.25) is 0 Å². The van der Waals surface area contributed by atoms with Gasteiger partial charge in [0.25, 0.3) is 0 Å². The van der Waals surface area contributed by atoms with E-state index in [1.165, 1.54) is 23.2 Å². The molecule has 1 unspecified atom stereocenters. The summed E-state index contributed by atoms with van der Waals surface area (Å²) in [6, 6.07) is 12.8. The Bertz CT molecular complexity index is 712. The molecule has 20 heavy (non-hydrogen) atoms. The molecule has 1 aromatic carbocycles. The van der Waals surface area contributed by atoms with Crippen molar-refractivity contribution in [3.8, 4) is 11.3 Å². The molecule has 3 nitrogen and oxygen atoms in total. The minimum absolute atomic E-state index is 0.363. The molecular formula is C17H16N2O. The summed E-state index contributed by atoms with van der Waals surface area (Å²) >= 11 is 0. The number of furan rings is 1. The number of hydrogen-bond donors (Lipinski definition) is 0. The van der Waals surface area contributed by atoms with E-state index in [0.717, 1.165) is 18.6 Å². The Morgan fingerprint density at radius 3 is 3.00 bits per heavy atom. The lowest BCUT2D eigenvalue weighted by Gasteiger charge is -2.27. The van der Waals surface area contributed by atoms with Gasteiger partial charge in [0, 0.05) is 17.5 Å². The fourth-order valence-electron chi connectivity index (χ4n) is 3.17. The Labute approximate surface area is 117 Å². The highest BCUT2D eigenvalue weighted by molar-refractivity contribution is 5.63. The number of imidazole rings is 1. The summed E-state index contributed by atoms with van der Waals surface area (Å²) in [5.74, 6) is 0.938. The lowest BCUT2D eigenvalue weighted by atomic mass is 9.92. The van der Waals surface area contributed by atoms with Crippen LogP contribution in [-0.4, -0.2) is 9.55 Å². The van der Waals surface area contributed by atoms with E-state index in [9.17, 15) is 0 Å². The molecule has 0 amide bonds. The van der Waals surface area contributed by atoms with E-state index in [1.807, 2.05) is 24.7 Å². The molecule has 3 heteroatoms. The first-order valence-corrected chi connectivity index (χ1v) is 7.07. The van der Waals surface area contributed by atoms with Gasteiger partial charge in [-0.15, -0.1) is 0 Å². The average Bonchev–Trinajstić information content (AvgIpc) is 3.18. The summed E-state index contributed by atoms with van der Waals surface area (Å²) in [5, 5.41) is 0. The molecule has 0 aliphatic carbocycles. The highest BCUT2D eigenvalue weighted by atomic mass is 16.3. The van der Waals surface area contributed by atoms with E-state index in [4.69, 9.17) is 4.42 Å². The van der Waals surface area contributed by atoms with Gasteiger partial charge in [0.05, 0.1) is 18.6 Å². The Hall–Kier alpha value is -2.29. The zero-order chi connectivity index (χ0) is 13.4. The molecule has 1 atom stereocenters. The predicted octanol–water partition coefficient (Wildman–Crippen LogP) is 4.07. The molecule has 2 aromatic heterocycles. The second-order valence-corrected chi connectivity index (χ2v) is 5.26. The van der Waals surface area contributed by atoms with Gasteiger partial charge < -0.3 is 8.98 Å². The number of nitrogens with zero attached hydrogens (tertiary/aromatic N) is 2. The van der Waals surface area contributed by atoms with Crippen molar-refractivity contribution in [1.29, 1.82) is 0 Å². The van der Waals surface area contributed by atoms with Crippen molar-refractivity contribution in [3.63, 3.8) is 0 Å². The molecule has 0 saturated heterocycles. The minimum atomic E-state index is 0.363. The summed E-state index contributed by atoms with van der Waals surface area (Å²) in [5.41, 5.74) is 3.83. The highest BCUT2D eigenvalue weighted by Crippen LogP contribution is 2.36. The molecule has 3 aromatic rings. The largest absolute Gasteiger partial charge is 0.464 e. The van der Waals surface area contributed by atoms with Gasteiger partial charge in [-0.2, -0.15) is 0 Å². The molecule has 0 radical (unpaired) electrons. The molecular weight excluding hydrogens is 248 g/mol. The van der Waals surface area contributed by atoms with Crippen LogP contribution in [0.25, 0.3) is 11.3 Å². The van der Waals surface area contributed by atoms with Gasteiger partial charge in [-0.25, -0.2) is 4.98 Å². The van der Waals surface area contributed by atoms with E-state index >= 15 is 0 Å². The second kappa shape index (κ2) is 4.67. The first-order chi connectivity index (χ1) is 9.93. The highest BCUT2D eigenvalue weighted by Gasteiger charge is 2.23. The van der Waals surface area contributed by atoms with Gasteiger partial charge in [-0.3, -0.25) is 0 Å². The molecule has 0 spiro atoms. The van der Waals surface area contributed by atoms with Crippen molar-refractivity contribution in [2.75, 3.05) is 0 Å². The number of hydrogen-bond acceptors (Lipinski definition) is 2. The maximum absolute atomic E-state index is 5.60. The molecule has 4 rings (SSSR count). The van der Waals surface area contributed by atoms with Gasteiger partial charge in [0.2, 0.25) is 0 Å². The minimum Gasteiger partial charge on any atom is -0.464 e. The molecule has 0 saturated carbocycles.